The van der Waals surface area contributed by atoms with E-state index in [1.54, 1.807) is 25.3 Å². The number of aryl methyl sites for hydroxylation is 2. The third-order valence-corrected chi connectivity index (χ3v) is 3.37. The number of thiazole rings is 1. The van der Waals surface area contributed by atoms with E-state index in [9.17, 15) is 0 Å². The fourth-order valence-electron chi connectivity index (χ4n) is 1.36. The molecule has 1 aromatic carbocycles. The van der Waals surface area contributed by atoms with Gasteiger partial charge in [0.1, 0.15) is 11.5 Å². The SMILES string of the molecule is COc1ccc(Oc2nc(C)c(C)s2)cc1N. The molecule has 90 valence electrons. The summed E-state index contributed by atoms with van der Waals surface area (Å²) in [4.78, 5) is 5.46. The van der Waals surface area contributed by atoms with Crippen molar-refractivity contribution >= 4 is 17.0 Å². The fourth-order valence-corrected chi connectivity index (χ4v) is 2.14. The lowest BCUT2D eigenvalue weighted by molar-refractivity contribution is 0.415. The second kappa shape index (κ2) is 4.63. The second-order valence-corrected chi connectivity index (χ2v) is 4.79. The minimum Gasteiger partial charge on any atom is -0.495 e. The van der Waals surface area contributed by atoms with Crippen LogP contribution in [0.15, 0.2) is 18.2 Å². The van der Waals surface area contributed by atoms with E-state index < -0.39 is 0 Å². The van der Waals surface area contributed by atoms with Gasteiger partial charge in [-0.25, -0.2) is 4.98 Å². The number of hydrogen-bond donors (Lipinski definition) is 1. The predicted octanol–water partition coefficient (Wildman–Crippen LogP) is 3.14. The molecule has 0 fully saturated rings. The third-order valence-electron chi connectivity index (χ3n) is 2.42. The van der Waals surface area contributed by atoms with Crippen LogP contribution in [0.2, 0.25) is 0 Å². The normalized spacial score (nSPS) is 10.3. The molecule has 4 nitrogen and oxygen atoms in total. The molecule has 0 radical (unpaired) electrons. The summed E-state index contributed by atoms with van der Waals surface area (Å²) in [6.45, 7) is 3.98. The van der Waals surface area contributed by atoms with Crippen LogP contribution in [0.3, 0.4) is 0 Å². The lowest BCUT2D eigenvalue weighted by Crippen LogP contribution is -1.93. The van der Waals surface area contributed by atoms with Gasteiger partial charge in [0.05, 0.1) is 18.5 Å². The van der Waals surface area contributed by atoms with Gasteiger partial charge in [0, 0.05) is 10.9 Å². The minimum atomic E-state index is 0.551. The maximum atomic E-state index is 5.80. The Morgan fingerprint density at radius 1 is 1.29 bits per heavy atom. The molecular formula is C12H14N2O2S. The molecule has 17 heavy (non-hydrogen) atoms. The van der Waals surface area contributed by atoms with Gasteiger partial charge in [-0.1, -0.05) is 11.3 Å². The lowest BCUT2D eigenvalue weighted by Gasteiger charge is -2.06. The lowest BCUT2D eigenvalue weighted by atomic mass is 10.3. The molecule has 0 bridgehead atoms. The van der Waals surface area contributed by atoms with Crippen molar-refractivity contribution in [2.45, 2.75) is 13.8 Å². The highest BCUT2D eigenvalue weighted by molar-refractivity contribution is 7.13. The number of anilines is 1. The summed E-state index contributed by atoms with van der Waals surface area (Å²) >= 11 is 1.52. The highest BCUT2D eigenvalue weighted by Gasteiger charge is 2.07. The summed E-state index contributed by atoms with van der Waals surface area (Å²) in [5.41, 5.74) is 7.34. The molecule has 1 aromatic heterocycles. The van der Waals surface area contributed by atoms with Crippen molar-refractivity contribution in [3.63, 3.8) is 0 Å². The van der Waals surface area contributed by atoms with Crippen molar-refractivity contribution in [2.75, 3.05) is 12.8 Å². The maximum Gasteiger partial charge on any atom is 0.279 e. The zero-order valence-electron chi connectivity index (χ0n) is 9.98. The van der Waals surface area contributed by atoms with Crippen LogP contribution in [-0.4, -0.2) is 12.1 Å². The highest BCUT2D eigenvalue weighted by Crippen LogP contribution is 2.32. The van der Waals surface area contributed by atoms with E-state index in [0.717, 1.165) is 10.6 Å². The van der Waals surface area contributed by atoms with Crippen molar-refractivity contribution in [1.82, 2.24) is 4.98 Å². The van der Waals surface area contributed by atoms with Crippen LogP contribution in [0.1, 0.15) is 10.6 Å². The number of rotatable bonds is 3. The van der Waals surface area contributed by atoms with E-state index in [4.69, 9.17) is 15.2 Å². The van der Waals surface area contributed by atoms with E-state index >= 15 is 0 Å². The number of aromatic nitrogens is 1. The Hall–Kier alpha value is -1.75. The zero-order chi connectivity index (χ0) is 12.4. The van der Waals surface area contributed by atoms with Gasteiger partial charge in [0.2, 0.25) is 0 Å². The molecule has 0 spiro atoms. The molecule has 0 aliphatic heterocycles. The molecular weight excluding hydrogens is 236 g/mol. The van der Waals surface area contributed by atoms with Crippen LogP contribution in [0.4, 0.5) is 5.69 Å². The summed E-state index contributed by atoms with van der Waals surface area (Å²) in [7, 11) is 1.58. The summed E-state index contributed by atoms with van der Waals surface area (Å²) in [5, 5.41) is 0.629. The van der Waals surface area contributed by atoms with Gasteiger partial charge in [-0.05, 0) is 26.0 Å². The van der Waals surface area contributed by atoms with Crippen molar-refractivity contribution < 1.29 is 9.47 Å². The first-order valence-electron chi connectivity index (χ1n) is 5.15. The number of nitrogens with two attached hydrogens (primary N) is 1. The Balaban J connectivity index is 2.21. The first kappa shape index (κ1) is 11.7. The molecule has 2 N–H and O–H groups in total. The number of nitrogen functional groups attached to an aromatic ring is 1. The maximum absolute atomic E-state index is 5.80. The molecule has 2 aromatic rings. The number of methoxy groups -OCH3 is 1. The van der Waals surface area contributed by atoms with Crippen molar-refractivity contribution in [3.8, 4) is 16.7 Å². The van der Waals surface area contributed by atoms with Gasteiger partial charge in [-0.15, -0.1) is 0 Å². The quantitative estimate of drug-likeness (QED) is 0.850. The number of nitrogens with zero attached hydrogens (tertiary/aromatic N) is 1. The third kappa shape index (κ3) is 2.50. The van der Waals surface area contributed by atoms with Crippen LogP contribution < -0.4 is 15.2 Å². The number of ether oxygens (including phenoxy) is 2. The van der Waals surface area contributed by atoms with Gasteiger partial charge >= 0.3 is 0 Å². The number of hydrogen-bond acceptors (Lipinski definition) is 5. The average molecular weight is 250 g/mol. The first-order valence-corrected chi connectivity index (χ1v) is 5.97. The second-order valence-electron chi connectivity index (χ2n) is 3.63. The molecule has 2 rings (SSSR count). The predicted molar refractivity (Wildman–Crippen MR) is 69.1 cm³/mol. The van der Waals surface area contributed by atoms with E-state index in [1.165, 1.54) is 11.3 Å². The smallest absolute Gasteiger partial charge is 0.279 e. The monoisotopic (exact) mass is 250 g/mol. The molecule has 5 heteroatoms. The summed E-state index contributed by atoms with van der Waals surface area (Å²) in [6, 6.07) is 5.31. The standard InChI is InChI=1S/C12H14N2O2S/c1-7-8(2)17-12(14-7)16-9-4-5-11(15-3)10(13)6-9/h4-6H,13H2,1-3H3. The highest BCUT2D eigenvalue weighted by atomic mass is 32.1. The minimum absolute atomic E-state index is 0.551. The topological polar surface area (TPSA) is 57.4 Å². The van der Waals surface area contributed by atoms with Crippen LogP contribution in [0.5, 0.6) is 16.7 Å². The summed E-state index contributed by atoms with van der Waals surface area (Å²) in [6.07, 6.45) is 0. The van der Waals surface area contributed by atoms with Crippen LogP contribution in [0, 0.1) is 13.8 Å². The van der Waals surface area contributed by atoms with Gasteiger partial charge in [0.15, 0.2) is 0 Å². The van der Waals surface area contributed by atoms with Crippen molar-refractivity contribution in [2.24, 2.45) is 0 Å². The molecule has 0 atom stereocenters. The molecule has 0 amide bonds. The largest absolute Gasteiger partial charge is 0.495 e. The van der Waals surface area contributed by atoms with Crippen LogP contribution in [-0.2, 0) is 0 Å². The van der Waals surface area contributed by atoms with Gasteiger partial charge in [0.25, 0.3) is 5.19 Å². The Bertz CT molecular complexity index is 518. The Kier molecular flexibility index (Phi) is 3.19. The van der Waals surface area contributed by atoms with E-state index in [1.807, 2.05) is 13.8 Å². The molecule has 0 aliphatic carbocycles. The van der Waals surface area contributed by atoms with Gasteiger partial charge in [-0.2, -0.15) is 0 Å². The number of benzene rings is 1. The average Bonchev–Trinajstić information content (AvgIpc) is 2.58. The first-order chi connectivity index (χ1) is 8.10. The Morgan fingerprint density at radius 2 is 2.06 bits per heavy atom. The van der Waals surface area contributed by atoms with E-state index in [2.05, 4.69) is 4.98 Å². The van der Waals surface area contributed by atoms with E-state index in [-0.39, 0.29) is 0 Å². The molecule has 0 unspecified atom stereocenters. The van der Waals surface area contributed by atoms with Crippen molar-refractivity contribution in [1.29, 1.82) is 0 Å². The zero-order valence-corrected chi connectivity index (χ0v) is 10.8. The van der Waals surface area contributed by atoms with Crippen LogP contribution >= 0.6 is 11.3 Å². The summed E-state index contributed by atoms with van der Waals surface area (Å²) < 4.78 is 10.7. The molecule has 1 heterocycles. The van der Waals surface area contributed by atoms with E-state index in [0.29, 0.717) is 22.4 Å². The summed E-state index contributed by atoms with van der Waals surface area (Å²) in [5.74, 6) is 1.31. The Morgan fingerprint density at radius 3 is 2.59 bits per heavy atom. The fraction of sp³-hybridized carbons (Fsp3) is 0.250. The molecule has 0 aliphatic rings. The molecule has 0 saturated carbocycles. The Labute approximate surface area is 104 Å². The molecule has 0 saturated heterocycles. The van der Waals surface area contributed by atoms with Gasteiger partial charge < -0.3 is 15.2 Å². The van der Waals surface area contributed by atoms with Crippen molar-refractivity contribution in [3.05, 3.63) is 28.8 Å². The van der Waals surface area contributed by atoms with Gasteiger partial charge in [-0.3, -0.25) is 0 Å². The van der Waals surface area contributed by atoms with Crippen LogP contribution in [0.25, 0.3) is 0 Å².